The number of nitrogens with zero attached hydrogens (tertiary/aromatic N) is 2. The molecule has 0 fully saturated rings. The van der Waals surface area contributed by atoms with Crippen molar-refractivity contribution >= 4 is 22.0 Å². The molecule has 0 atom stereocenters. The Labute approximate surface area is 104 Å². The largest absolute Gasteiger partial charge is 0.384 e. The molecule has 0 saturated heterocycles. The zero-order valence-corrected chi connectivity index (χ0v) is 10.4. The molecule has 86 valence electrons. The number of nitrogen functional groups attached to an aromatic ring is 1. The van der Waals surface area contributed by atoms with Crippen LogP contribution < -0.4 is 5.73 Å². The summed E-state index contributed by atoms with van der Waals surface area (Å²) in [6, 6.07) is 6.10. The maximum atomic E-state index is 6.23. The van der Waals surface area contributed by atoms with Gasteiger partial charge in [-0.2, -0.15) is 0 Å². The Hall–Kier alpha value is -1.81. The van der Waals surface area contributed by atoms with Gasteiger partial charge in [0, 0.05) is 34.6 Å². The summed E-state index contributed by atoms with van der Waals surface area (Å²) < 4.78 is 2.13. The Morgan fingerprint density at radius 2 is 2.35 bits per heavy atom. The minimum atomic E-state index is 0.811. The van der Waals surface area contributed by atoms with E-state index in [0.717, 1.165) is 23.4 Å². The molecule has 0 saturated carbocycles. The van der Waals surface area contributed by atoms with Gasteiger partial charge in [-0.1, -0.05) is 13.0 Å². The lowest BCUT2D eigenvalue weighted by molar-refractivity contribution is 1.01. The molecule has 3 aromatic heterocycles. The van der Waals surface area contributed by atoms with Crippen molar-refractivity contribution in [2.75, 3.05) is 5.73 Å². The van der Waals surface area contributed by atoms with E-state index in [4.69, 9.17) is 5.73 Å². The molecule has 17 heavy (non-hydrogen) atoms. The molecule has 4 heteroatoms. The van der Waals surface area contributed by atoms with Gasteiger partial charge in [0.2, 0.25) is 0 Å². The van der Waals surface area contributed by atoms with Crippen LogP contribution in [0.4, 0.5) is 5.82 Å². The summed E-state index contributed by atoms with van der Waals surface area (Å²) >= 11 is 1.73. The summed E-state index contributed by atoms with van der Waals surface area (Å²) in [6.45, 7) is 2.14. The molecule has 0 spiro atoms. The van der Waals surface area contributed by atoms with Crippen LogP contribution >= 0.6 is 11.3 Å². The first-order valence-corrected chi connectivity index (χ1v) is 6.47. The van der Waals surface area contributed by atoms with Gasteiger partial charge in [0.05, 0.1) is 0 Å². The molecule has 3 rings (SSSR count). The normalized spacial score (nSPS) is 11.1. The van der Waals surface area contributed by atoms with Gasteiger partial charge in [-0.25, -0.2) is 0 Å². The highest BCUT2D eigenvalue weighted by Crippen LogP contribution is 2.33. The van der Waals surface area contributed by atoms with Crippen LogP contribution in [-0.2, 0) is 6.42 Å². The molecule has 3 aromatic rings. The maximum absolute atomic E-state index is 6.23. The Kier molecular flexibility index (Phi) is 2.37. The number of pyridine rings is 1. The highest BCUT2D eigenvalue weighted by molar-refractivity contribution is 7.15. The number of rotatable bonds is 2. The van der Waals surface area contributed by atoms with E-state index in [1.54, 1.807) is 17.5 Å². The average molecular weight is 243 g/mol. The van der Waals surface area contributed by atoms with E-state index >= 15 is 0 Å². The van der Waals surface area contributed by atoms with Crippen LogP contribution in [0, 0.1) is 0 Å². The zero-order chi connectivity index (χ0) is 11.8. The van der Waals surface area contributed by atoms with Crippen molar-refractivity contribution in [3.8, 4) is 11.1 Å². The Morgan fingerprint density at radius 1 is 1.47 bits per heavy atom. The monoisotopic (exact) mass is 243 g/mol. The quantitative estimate of drug-likeness (QED) is 0.751. The molecule has 3 heterocycles. The van der Waals surface area contributed by atoms with Gasteiger partial charge in [-0.15, -0.1) is 11.3 Å². The number of nitrogens with two attached hydrogens (primary N) is 1. The summed E-state index contributed by atoms with van der Waals surface area (Å²) in [6.07, 6.45) is 4.61. The van der Waals surface area contributed by atoms with E-state index in [1.807, 2.05) is 18.3 Å². The zero-order valence-electron chi connectivity index (χ0n) is 9.55. The lowest BCUT2D eigenvalue weighted by Gasteiger charge is -2.01. The highest BCUT2D eigenvalue weighted by Gasteiger charge is 2.12. The summed E-state index contributed by atoms with van der Waals surface area (Å²) in [5.74, 6) is 0.811. The SMILES string of the molecule is CCc1csc2cc(-c3cccnc3)c(N)n12. The summed E-state index contributed by atoms with van der Waals surface area (Å²) in [7, 11) is 0. The van der Waals surface area contributed by atoms with Gasteiger partial charge < -0.3 is 5.73 Å². The summed E-state index contributed by atoms with van der Waals surface area (Å²) in [5.41, 5.74) is 9.64. The average Bonchev–Trinajstić information content (AvgIpc) is 2.91. The van der Waals surface area contributed by atoms with Gasteiger partial charge >= 0.3 is 0 Å². The van der Waals surface area contributed by atoms with Gasteiger partial charge in [-0.05, 0) is 18.6 Å². The number of thiazole rings is 1. The molecular formula is C13H13N3S. The molecule has 0 aliphatic rings. The first-order valence-electron chi connectivity index (χ1n) is 5.59. The molecule has 3 nitrogen and oxygen atoms in total. The number of hydrogen-bond donors (Lipinski definition) is 1. The predicted octanol–water partition coefficient (Wildman–Crippen LogP) is 3.21. The number of anilines is 1. The first kappa shape index (κ1) is 10.4. The lowest BCUT2D eigenvalue weighted by atomic mass is 10.1. The van der Waals surface area contributed by atoms with Gasteiger partial charge in [0.25, 0.3) is 0 Å². The minimum absolute atomic E-state index is 0.811. The molecule has 0 aromatic carbocycles. The van der Waals surface area contributed by atoms with Crippen molar-refractivity contribution in [3.05, 3.63) is 41.7 Å². The lowest BCUT2D eigenvalue weighted by Crippen LogP contribution is -1.96. The van der Waals surface area contributed by atoms with Crippen LogP contribution in [0.15, 0.2) is 36.0 Å². The molecule has 0 amide bonds. The van der Waals surface area contributed by atoms with E-state index in [9.17, 15) is 0 Å². The molecule has 0 aliphatic carbocycles. The van der Waals surface area contributed by atoms with Crippen LogP contribution in [0.5, 0.6) is 0 Å². The third kappa shape index (κ3) is 1.52. The fourth-order valence-corrected chi connectivity index (χ4v) is 3.10. The highest BCUT2D eigenvalue weighted by atomic mass is 32.1. The summed E-state index contributed by atoms with van der Waals surface area (Å²) in [4.78, 5) is 5.33. The van der Waals surface area contributed by atoms with Gasteiger partial charge in [0.15, 0.2) is 0 Å². The Balaban J connectivity index is 2.25. The third-order valence-corrected chi connectivity index (χ3v) is 3.87. The second kappa shape index (κ2) is 3.89. The molecule has 0 aliphatic heterocycles. The van der Waals surface area contributed by atoms with Crippen molar-refractivity contribution in [2.45, 2.75) is 13.3 Å². The number of aryl methyl sites for hydroxylation is 1. The van der Waals surface area contributed by atoms with Crippen molar-refractivity contribution in [1.82, 2.24) is 9.38 Å². The van der Waals surface area contributed by atoms with E-state index in [0.29, 0.717) is 0 Å². The van der Waals surface area contributed by atoms with Crippen LogP contribution in [0.2, 0.25) is 0 Å². The second-order valence-corrected chi connectivity index (χ2v) is 4.83. The van der Waals surface area contributed by atoms with E-state index in [1.165, 1.54) is 10.5 Å². The topological polar surface area (TPSA) is 43.3 Å². The third-order valence-electron chi connectivity index (χ3n) is 2.94. The second-order valence-electron chi connectivity index (χ2n) is 3.94. The van der Waals surface area contributed by atoms with E-state index < -0.39 is 0 Å². The van der Waals surface area contributed by atoms with Crippen LogP contribution in [0.25, 0.3) is 16.0 Å². The molecular weight excluding hydrogens is 230 g/mol. The van der Waals surface area contributed by atoms with Crippen LogP contribution in [-0.4, -0.2) is 9.38 Å². The van der Waals surface area contributed by atoms with Crippen molar-refractivity contribution in [3.63, 3.8) is 0 Å². The van der Waals surface area contributed by atoms with E-state index in [2.05, 4.69) is 27.8 Å². The minimum Gasteiger partial charge on any atom is -0.384 e. The molecule has 0 radical (unpaired) electrons. The maximum Gasteiger partial charge on any atom is 0.116 e. The smallest absolute Gasteiger partial charge is 0.116 e. The molecule has 2 N–H and O–H groups in total. The predicted molar refractivity (Wildman–Crippen MR) is 72.3 cm³/mol. The van der Waals surface area contributed by atoms with Crippen LogP contribution in [0.3, 0.4) is 0 Å². The van der Waals surface area contributed by atoms with Crippen molar-refractivity contribution in [2.24, 2.45) is 0 Å². The number of fused-ring (bicyclic) bond motifs is 1. The number of aromatic nitrogens is 2. The Morgan fingerprint density at radius 3 is 3.06 bits per heavy atom. The van der Waals surface area contributed by atoms with Gasteiger partial charge in [-0.3, -0.25) is 9.38 Å². The molecule has 0 unspecified atom stereocenters. The summed E-state index contributed by atoms with van der Waals surface area (Å²) in [5, 5.41) is 2.17. The van der Waals surface area contributed by atoms with E-state index in [-0.39, 0.29) is 0 Å². The standard InChI is InChI=1S/C13H13N3S/c1-2-10-8-17-12-6-11(13(14)16(10)12)9-4-3-5-15-7-9/h3-8H,2,14H2,1H3. The Bertz CT molecular complexity index is 652. The van der Waals surface area contributed by atoms with Gasteiger partial charge in [0.1, 0.15) is 10.6 Å². The van der Waals surface area contributed by atoms with Crippen molar-refractivity contribution in [1.29, 1.82) is 0 Å². The molecule has 0 bridgehead atoms. The van der Waals surface area contributed by atoms with Crippen LogP contribution in [0.1, 0.15) is 12.6 Å². The number of hydrogen-bond acceptors (Lipinski definition) is 3. The first-order chi connectivity index (χ1) is 8.31. The fraction of sp³-hybridized carbons (Fsp3) is 0.154. The van der Waals surface area contributed by atoms with Crippen molar-refractivity contribution < 1.29 is 0 Å². The fourth-order valence-electron chi connectivity index (χ4n) is 2.06.